The number of carbonyl (C=O) groups is 1. The molecule has 0 spiro atoms. The number of hydrogen-bond donors (Lipinski definition) is 2. The van der Waals surface area contributed by atoms with Crippen molar-refractivity contribution in [2.24, 2.45) is 5.14 Å². The number of halogens is 2. The van der Waals surface area contributed by atoms with Crippen molar-refractivity contribution >= 4 is 44.8 Å². The van der Waals surface area contributed by atoms with Crippen molar-refractivity contribution in [1.29, 1.82) is 0 Å². The molecule has 3 N–H and O–H groups in total. The predicted molar refractivity (Wildman–Crippen MR) is 103 cm³/mol. The molecule has 0 heterocycles. The van der Waals surface area contributed by atoms with Crippen molar-refractivity contribution in [3.63, 3.8) is 0 Å². The summed E-state index contributed by atoms with van der Waals surface area (Å²) >= 11 is 12.3. The Hall–Kier alpha value is -1.80. The molecule has 0 fully saturated rings. The van der Waals surface area contributed by atoms with E-state index in [-0.39, 0.29) is 20.5 Å². The SMILES string of the molecule is CCCCOc1c(Cl)cc(C(=O)Nc2ccc(S(N)(=O)=O)cc2)cc1Cl. The topological polar surface area (TPSA) is 98.5 Å². The minimum Gasteiger partial charge on any atom is -0.490 e. The first-order valence-corrected chi connectivity index (χ1v) is 10.1. The molecule has 0 saturated carbocycles. The maximum atomic E-state index is 12.4. The van der Waals surface area contributed by atoms with Crippen molar-refractivity contribution in [1.82, 2.24) is 0 Å². The Labute approximate surface area is 162 Å². The van der Waals surface area contributed by atoms with Crippen molar-refractivity contribution in [2.45, 2.75) is 24.7 Å². The van der Waals surface area contributed by atoms with Crippen molar-refractivity contribution in [2.75, 3.05) is 11.9 Å². The standard InChI is InChI=1S/C17H18Cl2N2O4S/c1-2-3-8-25-16-14(18)9-11(10-15(16)19)17(22)21-12-4-6-13(7-5-12)26(20,23)24/h4-7,9-10H,2-3,8H2,1H3,(H,21,22)(H2,20,23,24). The zero-order valence-electron chi connectivity index (χ0n) is 14.0. The number of carbonyl (C=O) groups excluding carboxylic acids is 1. The van der Waals surface area contributed by atoms with Crippen LogP contribution in [0.3, 0.4) is 0 Å². The molecule has 6 nitrogen and oxygen atoms in total. The van der Waals surface area contributed by atoms with Gasteiger partial charge in [-0.25, -0.2) is 13.6 Å². The number of sulfonamides is 1. The summed E-state index contributed by atoms with van der Waals surface area (Å²) in [5.41, 5.74) is 0.649. The molecule has 0 aliphatic rings. The average Bonchev–Trinajstić information content (AvgIpc) is 2.57. The summed E-state index contributed by atoms with van der Waals surface area (Å²) in [4.78, 5) is 12.3. The number of unbranched alkanes of at least 4 members (excludes halogenated alkanes) is 1. The molecule has 0 atom stereocenters. The summed E-state index contributed by atoms with van der Waals surface area (Å²) in [6.07, 6.45) is 1.84. The number of ether oxygens (including phenoxy) is 1. The zero-order chi connectivity index (χ0) is 19.3. The zero-order valence-corrected chi connectivity index (χ0v) is 16.3. The third-order valence-corrected chi connectivity index (χ3v) is 4.94. The minimum atomic E-state index is -3.79. The highest BCUT2D eigenvalue weighted by Crippen LogP contribution is 2.34. The Bertz CT molecular complexity index is 876. The molecule has 140 valence electrons. The normalized spacial score (nSPS) is 11.2. The Kier molecular flexibility index (Phi) is 6.88. The highest BCUT2D eigenvalue weighted by atomic mass is 35.5. The molecule has 0 saturated heterocycles. The first-order valence-electron chi connectivity index (χ1n) is 7.78. The third-order valence-electron chi connectivity index (χ3n) is 3.45. The van der Waals surface area contributed by atoms with Crippen LogP contribution in [0.15, 0.2) is 41.3 Å². The number of nitrogens with two attached hydrogens (primary N) is 1. The van der Waals surface area contributed by atoms with Gasteiger partial charge in [-0.05, 0) is 42.8 Å². The van der Waals surface area contributed by atoms with Crippen LogP contribution in [0.1, 0.15) is 30.1 Å². The van der Waals surface area contributed by atoms with Crippen molar-refractivity contribution < 1.29 is 17.9 Å². The molecule has 26 heavy (non-hydrogen) atoms. The lowest BCUT2D eigenvalue weighted by Crippen LogP contribution is -2.14. The summed E-state index contributed by atoms with van der Waals surface area (Å²) in [5, 5.41) is 8.14. The van der Waals surface area contributed by atoms with Gasteiger partial charge in [-0.2, -0.15) is 0 Å². The Morgan fingerprint density at radius 1 is 1.15 bits per heavy atom. The maximum Gasteiger partial charge on any atom is 0.255 e. The Morgan fingerprint density at radius 3 is 2.23 bits per heavy atom. The number of anilines is 1. The van der Waals surface area contributed by atoms with Gasteiger partial charge in [0.2, 0.25) is 10.0 Å². The van der Waals surface area contributed by atoms with E-state index in [2.05, 4.69) is 5.32 Å². The maximum absolute atomic E-state index is 12.4. The summed E-state index contributed by atoms with van der Waals surface area (Å²) in [6.45, 7) is 2.52. The van der Waals surface area contributed by atoms with Gasteiger partial charge >= 0.3 is 0 Å². The van der Waals surface area contributed by atoms with E-state index in [0.29, 0.717) is 18.0 Å². The van der Waals surface area contributed by atoms with Gasteiger partial charge in [0.25, 0.3) is 5.91 Å². The first-order chi connectivity index (χ1) is 12.2. The molecule has 2 aromatic rings. The fraction of sp³-hybridized carbons (Fsp3) is 0.235. The number of amides is 1. The molecule has 0 unspecified atom stereocenters. The fourth-order valence-corrected chi connectivity index (χ4v) is 3.19. The van der Waals surface area contributed by atoms with Crippen LogP contribution >= 0.6 is 23.2 Å². The second-order valence-corrected chi connectivity index (χ2v) is 7.87. The summed E-state index contributed by atoms with van der Waals surface area (Å²) < 4.78 is 28.0. The number of rotatable bonds is 7. The molecule has 0 aliphatic heterocycles. The average molecular weight is 417 g/mol. The van der Waals surface area contributed by atoms with E-state index in [1.54, 1.807) is 0 Å². The second kappa shape index (κ2) is 8.73. The van der Waals surface area contributed by atoms with Crippen LogP contribution in [0.4, 0.5) is 5.69 Å². The Morgan fingerprint density at radius 2 is 1.73 bits per heavy atom. The van der Waals surface area contributed by atoms with Crippen molar-refractivity contribution in [3.8, 4) is 5.75 Å². The summed E-state index contributed by atoms with van der Waals surface area (Å²) in [7, 11) is -3.79. The van der Waals surface area contributed by atoms with Crippen LogP contribution in [0.25, 0.3) is 0 Å². The summed E-state index contributed by atoms with van der Waals surface area (Å²) in [5.74, 6) is -0.104. The van der Waals surface area contributed by atoms with E-state index < -0.39 is 15.9 Å². The summed E-state index contributed by atoms with van der Waals surface area (Å²) in [6, 6.07) is 8.39. The van der Waals surface area contributed by atoms with E-state index in [1.807, 2.05) is 6.92 Å². The molecular weight excluding hydrogens is 399 g/mol. The van der Waals surface area contributed by atoms with Crippen LogP contribution in [-0.4, -0.2) is 20.9 Å². The van der Waals surface area contributed by atoms with Gasteiger partial charge in [-0.1, -0.05) is 36.5 Å². The molecule has 0 radical (unpaired) electrons. The van der Waals surface area contributed by atoms with Gasteiger partial charge in [0.15, 0.2) is 5.75 Å². The largest absolute Gasteiger partial charge is 0.490 e. The van der Waals surface area contributed by atoms with E-state index in [4.69, 9.17) is 33.1 Å². The lowest BCUT2D eigenvalue weighted by Gasteiger charge is -2.12. The van der Waals surface area contributed by atoms with E-state index in [9.17, 15) is 13.2 Å². The smallest absolute Gasteiger partial charge is 0.255 e. The molecule has 9 heteroatoms. The van der Waals surface area contributed by atoms with E-state index in [1.165, 1.54) is 36.4 Å². The van der Waals surface area contributed by atoms with Gasteiger partial charge in [0, 0.05) is 11.3 Å². The van der Waals surface area contributed by atoms with Gasteiger partial charge in [0.05, 0.1) is 21.5 Å². The van der Waals surface area contributed by atoms with Crippen LogP contribution in [0, 0.1) is 0 Å². The molecule has 2 rings (SSSR count). The Balaban J connectivity index is 2.14. The van der Waals surface area contributed by atoms with Gasteiger partial charge < -0.3 is 10.1 Å². The number of nitrogens with one attached hydrogen (secondary N) is 1. The minimum absolute atomic E-state index is 0.0461. The van der Waals surface area contributed by atoms with Gasteiger partial charge in [0.1, 0.15) is 0 Å². The third kappa shape index (κ3) is 5.35. The van der Waals surface area contributed by atoms with Crippen molar-refractivity contribution in [3.05, 3.63) is 52.0 Å². The molecule has 1 amide bonds. The van der Waals surface area contributed by atoms with Crippen LogP contribution in [0.2, 0.25) is 10.0 Å². The molecular formula is C17H18Cl2N2O4S. The highest BCUT2D eigenvalue weighted by molar-refractivity contribution is 7.89. The molecule has 2 aromatic carbocycles. The van der Waals surface area contributed by atoms with E-state index >= 15 is 0 Å². The molecule has 0 aromatic heterocycles. The fourth-order valence-electron chi connectivity index (χ4n) is 2.08. The number of hydrogen-bond acceptors (Lipinski definition) is 4. The number of benzene rings is 2. The predicted octanol–water partition coefficient (Wildman–Crippen LogP) is 4.07. The van der Waals surface area contributed by atoms with Gasteiger partial charge in [-0.15, -0.1) is 0 Å². The van der Waals surface area contributed by atoms with Crippen LogP contribution in [0.5, 0.6) is 5.75 Å². The van der Waals surface area contributed by atoms with Crippen LogP contribution < -0.4 is 15.2 Å². The lowest BCUT2D eigenvalue weighted by atomic mass is 10.2. The molecule has 0 bridgehead atoms. The second-order valence-electron chi connectivity index (χ2n) is 5.49. The molecule has 0 aliphatic carbocycles. The first kappa shape index (κ1) is 20.5. The van der Waals surface area contributed by atoms with Gasteiger partial charge in [-0.3, -0.25) is 4.79 Å². The van der Waals surface area contributed by atoms with Crippen LogP contribution in [-0.2, 0) is 10.0 Å². The highest BCUT2D eigenvalue weighted by Gasteiger charge is 2.15. The number of primary sulfonamides is 1. The monoisotopic (exact) mass is 416 g/mol. The lowest BCUT2D eigenvalue weighted by molar-refractivity contribution is 0.102. The quantitative estimate of drug-likeness (QED) is 0.664. The van der Waals surface area contributed by atoms with E-state index in [0.717, 1.165) is 12.8 Å².